The summed E-state index contributed by atoms with van der Waals surface area (Å²) in [4.78, 5) is 41.5. The first kappa shape index (κ1) is 23.2. The second-order valence-corrected chi connectivity index (χ2v) is 11.0. The molecule has 190 valence electrons. The minimum atomic E-state index is -2.63. The summed E-state index contributed by atoms with van der Waals surface area (Å²) in [5.74, 6) is -6.34. The molecule has 1 amide bonds. The highest BCUT2D eigenvalue weighted by Crippen LogP contribution is 2.55. The molecular weight excluding hydrogens is 468 g/mol. The van der Waals surface area contributed by atoms with Gasteiger partial charge in [0.2, 0.25) is 5.78 Å². The van der Waals surface area contributed by atoms with E-state index in [1.807, 2.05) is 0 Å². The second kappa shape index (κ2) is 7.41. The SMILES string of the molecule is CN(C1CC2(COC2)C1)C1C(=O)C(C(N)=O)=C(O)C2(O)C(=O)C3=C(O)c4c(O)cccc4CC3CC12. The first-order valence-electron chi connectivity index (χ1n) is 12.1. The molecule has 1 aromatic carbocycles. The number of carbonyl (C=O) groups excluding carboxylic acids is 3. The Bertz CT molecular complexity index is 1290. The Kier molecular flexibility index (Phi) is 4.77. The Morgan fingerprint density at radius 3 is 2.47 bits per heavy atom. The van der Waals surface area contributed by atoms with E-state index in [0.717, 1.165) is 12.8 Å². The van der Waals surface area contributed by atoms with Crippen molar-refractivity contribution in [3.63, 3.8) is 0 Å². The fourth-order valence-electron chi connectivity index (χ4n) is 7.14. The van der Waals surface area contributed by atoms with Gasteiger partial charge in [0.1, 0.15) is 22.8 Å². The lowest BCUT2D eigenvalue weighted by molar-refractivity contribution is -0.193. The standard InChI is InChI=1S/C26H28N2O8/c1-28(13-7-25(8-13)9-36-10-25)19-14-6-12-5-11-3-2-4-15(29)16(11)20(30)17(12)22(32)26(14,35)23(33)18(21(19)31)24(27)34/h2-4,12-14,19,29-30,33,35H,5-10H2,1H3,(H2,27,34). The maximum atomic E-state index is 13.9. The second-order valence-electron chi connectivity index (χ2n) is 11.0. The number of nitrogens with two attached hydrogens (primary N) is 1. The van der Waals surface area contributed by atoms with E-state index in [2.05, 4.69) is 0 Å². The molecule has 1 aliphatic heterocycles. The summed E-state index contributed by atoms with van der Waals surface area (Å²) in [7, 11) is 1.72. The van der Waals surface area contributed by atoms with Crippen LogP contribution in [0.25, 0.3) is 5.76 Å². The number of carbonyl (C=O) groups is 3. The number of amides is 1. The molecule has 36 heavy (non-hydrogen) atoms. The average Bonchev–Trinajstić information content (AvgIpc) is 2.74. The third kappa shape index (κ3) is 2.80. The van der Waals surface area contributed by atoms with Crippen molar-refractivity contribution in [2.24, 2.45) is 23.0 Å². The van der Waals surface area contributed by atoms with Crippen molar-refractivity contribution in [3.8, 4) is 5.75 Å². The van der Waals surface area contributed by atoms with Crippen LogP contribution in [0, 0.1) is 17.3 Å². The lowest BCUT2D eigenvalue weighted by atomic mass is 9.56. The number of ether oxygens (including phenoxy) is 1. The average molecular weight is 497 g/mol. The van der Waals surface area contributed by atoms with Crippen molar-refractivity contribution >= 4 is 23.2 Å². The molecule has 0 radical (unpaired) electrons. The maximum Gasteiger partial charge on any atom is 0.255 e. The summed E-state index contributed by atoms with van der Waals surface area (Å²) in [6, 6.07) is 3.64. The summed E-state index contributed by atoms with van der Waals surface area (Å²) >= 11 is 0. The fraction of sp³-hybridized carbons (Fsp3) is 0.500. The Labute approximate surface area is 206 Å². The zero-order valence-corrected chi connectivity index (χ0v) is 19.7. The Balaban J connectivity index is 1.47. The van der Waals surface area contributed by atoms with Crippen LogP contribution in [0.5, 0.6) is 5.75 Å². The number of aliphatic hydroxyl groups is 3. The summed E-state index contributed by atoms with van der Waals surface area (Å²) in [5.41, 5.74) is 2.70. The highest BCUT2D eigenvalue weighted by Gasteiger charge is 2.65. The molecule has 4 atom stereocenters. The van der Waals surface area contributed by atoms with Gasteiger partial charge in [-0.15, -0.1) is 0 Å². The largest absolute Gasteiger partial charge is 0.508 e. The summed E-state index contributed by atoms with van der Waals surface area (Å²) in [5, 5.41) is 44.2. The van der Waals surface area contributed by atoms with Crippen LogP contribution >= 0.6 is 0 Å². The monoisotopic (exact) mass is 496 g/mol. The predicted molar refractivity (Wildman–Crippen MR) is 125 cm³/mol. The van der Waals surface area contributed by atoms with Crippen LogP contribution in [0.3, 0.4) is 0 Å². The summed E-state index contributed by atoms with van der Waals surface area (Å²) < 4.78 is 5.34. The van der Waals surface area contributed by atoms with Crippen LogP contribution in [0.4, 0.5) is 0 Å². The first-order chi connectivity index (χ1) is 17.0. The number of phenolic OH excluding ortho intramolecular Hbond substituents is 1. The van der Waals surface area contributed by atoms with Gasteiger partial charge in [-0.3, -0.25) is 19.3 Å². The number of hydrogen-bond acceptors (Lipinski definition) is 9. The number of primary amides is 1. The van der Waals surface area contributed by atoms with Gasteiger partial charge in [-0.25, -0.2) is 0 Å². The van der Waals surface area contributed by atoms with Gasteiger partial charge in [0, 0.05) is 22.9 Å². The molecule has 6 N–H and O–H groups in total. The molecular formula is C26H28N2O8. The number of aromatic hydroxyl groups is 1. The minimum absolute atomic E-state index is 0.0362. The van der Waals surface area contributed by atoms with Crippen LogP contribution in [0.15, 0.2) is 35.1 Å². The van der Waals surface area contributed by atoms with E-state index in [0.29, 0.717) is 25.2 Å². The molecule has 1 heterocycles. The number of hydrogen-bond donors (Lipinski definition) is 5. The van der Waals surface area contributed by atoms with Gasteiger partial charge in [0.15, 0.2) is 11.4 Å². The van der Waals surface area contributed by atoms with Crippen molar-refractivity contribution in [3.05, 3.63) is 46.2 Å². The van der Waals surface area contributed by atoms with Crippen LogP contribution in [0.1, 0.15) is 30.4 Å². The van der Waals surface area contributed by atoms with Crippen molar-refractivity contribution < 1.29 is 39.5 Å². The number of phenols is 1. The number of nitrogens with zero attached hydrogens (tertiary/aromatic N) is 1. The van der Waals surface area contributed by atoms with E-state index in [4.69, 9.17) is 10.5 Å². The van der Waals surface area contributed by atoms with Gasteiger partial charge in [-0.2, -0.15) is 0 Å². The maximum absolute atomic E-state index is 13.9. The van der Waals surface area contributed by atoms with Crippen LogP contribution in [-0.2, 0) is 25.5 Å². The van der Waals surface area contributed by atoms with Crippen molar-refractivity contribution in [1.82, 2.24) is 4.90 Å². The number of Topliss-reactive ketones (excluding diaryl/α,β-unsaturated/α-hetero) is 2. The molecule has 10 heteroatoms. The topological polar surface area (TPSA) is 171 Å². The van der Waals surface area contributed by atoms with Crippen LogP contribution < -0.4 is 5.73 Å². The van der Waals surface area contributed by atoms with Gasteiger partial charge in [0.25, 0.3) is 5.91 Å². The molecule has 0 bridgehead atoms. The number of likely N-dealkylation sites (N-methyl/N-ethyl adjacent to an activating group) is 1. The first-order valence-corrected chi connectivity index (χ1v) is 12.1. The lowest BCUT2D eigenvalue weighted by Crippen LogP contribution is -2.69. The Morgan fingerprint density at radius 2 is 1.86 bits per heavy atom. The highest BCUT2D eigenvalue weighted by molar-refractivity contribution is 6.24. The van der Waals surface area contributed by atoms with E-state index in [-0.39, 0.29) is 34.8 Å². The minimum Gasteiger partial charge on any atom is -0.508 e. The normalized spacial score (nSPS) is 33.1. The number of fused-ring (bicyclic) bond motifs is 3. The molecule has 0 aromatic heterocycles. The van der Waals surface area contributed by atoms with Crippen LogP contribution in [0.2, 0.25) is 0 Å². The highest BCUT2D eigenvalue weighted by atomic mass is 16.5. The number of aliphatic hydroxyl groups excluding tert-OH is 2. The van der Waals surface area contributed by atoms with Gasteiger partial charge in [0.05, 0.1) is 24.8 Å². The van der Waals surface area contributed by atoms with Gasteiger partial charge >= 0.3 is 0 Å². The predicted octanol–water partition coefficient (Wildman–Crippen LogP) is 0.513. The summed E-state index contributed by atoms with van der Waals surface area (Å²) in [6.45, 7) is 1.30. The molecule has 1 spiro atoms. The van der Waals surface area contributed by atoms with E-state index in [1.54, 1.807) is 24.1 Å². The molecule has 1 saturated heterocycles. The van der Waals surface area contributed by atoms with E-state index in [9.17, 15) is 34.8 Å². The van der Waals surface area contributed by atoms with Gasteiger partial charge in [-0.1, -0.05) is 12.1 Å². The smallest absolute Gasteiger partial charge is 0.255 e. The quantitative estimate of drug-likeness (QED) is 0.374. The van der Waals surface area contributed by atoms with E-state index < -0.39 is 58.0 Å². The van der Waals surface area contributed by atoms with Crippen molar-refractivity contribution in [2.45, 2.75) is 43.4 Å². The third-order valence-corrected chi connectivity index (χ3v) is 9.07. The molecule has 1 aromatic rings. The molecule has 10 nitrogen and oxygen atoms in total. The summed E-state index contributed by atoms with van der Waals surface area (Å²) in [6.07, 6.45) is 1.93. The molecule has 2 saturated carbocycles. The lowest BCUT2D eigenvalue weighted by Gasteiger charge is -2.58. The number of ketones is 2. The Hall–Kier alpha value is -3.21. The van der Waals surface area contributed by atoms with E-state index in [1.165, 1.54) is 6.07 Å². The molecule has 6 rings (SSSR count). The number of benzene rings is 1. The zero-order valence-electron chi connectivity index (χ0n) is 19.7. The molecule has 4 unspecified atom stereocenters. The number of rotatable bonds is 3. The van der Waals surface area contributed by atoms with Gasteiger partial charge in [-0.05, 0) is 50.3 Å². The van der Waals surface area contributed by atoms with Crippen molar-refractivity contribution in [2.75, 3.05) is 20.3 Å². The Morgan fingerprint density at radius 1 is 1.17 bits per heavy atom. The molecule has 3 fully saturated rings. The molecule has 5 aliphatic rings. The van der Waals surface area contributed by atoms with E-state index >= 15 is 0 Å². The van der Waals surface area contributed by atoms with Gasteiger partial charge < -0.3 is 30.9 Å². The fourth-order valence-corrected chi connectivity index (χ4v) is 7.14. The zero-order chi connectivity index (χ0) is 25.7. The third-order valence-electron chi connectivity index (χ3n) is 9.07. The molecule has 4 aliphatic carbocycles. The van der Waals surface area contributed by atoms with Crippen LogP contribution in [-0.4, -0.2) is 80.7 Å². The van der Waals surface area contributed by atoms with Crippen molar-refractivity contribution in [1.29, 1.82) is 0 Å².